The van der Waals surface area contributed by atoms with Crippen LogP contribution in [0.25, 0.3) is 0 Å². The lowest BCUT2D eigenvalue weighted by atomic mass is 9.91. The van der Waals surface area contributed by atoms with Crippen LogP contribution in [0.2, 0.25) is 0 Å². The molecule has 2 aliphatic rings. The summed E-state index contributed by atoms with van der Waals surface area (Å²) < 4.78 is 20.1. The number of ether oxygens (including phenoxy) is 1. The van der Waals surface area contributed by atoms with Crippen LogP contribution in [-0.2, 0) is 16.1 Å². The molecule has 8 nitrogen and oxygen atoms in total. The summed E-state index contributed by atoms with van der Waals surface area (Å²) in [4.78, 5) is 41.0. The average Bonchev–Trinajstić information content (AvgIpc) is 3.21. The Morgan fingerprint density at radius 3 is 2.44 bits per heavy atom. The zero-order valence-electron chi connectivity index (χ0n) is 19.7. The van der Waals surface area contributed by atoms with Gasteiger partial charge in [0.15, 0.2) is 5.69 Å². The summed E-state index contributed by atoms with van der Waals surface area (Å²) in [5.74, 6) is -1.86. The molecule has 1 saturated carbocycles. The number of aromatic nitrogens is 2. The molecule has 1 N–H and O–H groups in total. The molecule has 0 spiro atoms. The van der Waals surface area contributed by atoms with Gasteiger partial charge in [0, 0.05) is 17.8 Å². The molecule has 0 radical (unpaired) electrons. The Hall–Kier alpha value is -3.23. The van der Waals surface area contributed by atoms with Crippen molar-refractivity contribution in [3.05, 3.63) is 47.5 Å². The van der Waals surface area contributed by atoms with Gasteiger partial charge in [-0.3, -0.25) is 19.2 Å². The number of rotatable bonds is 5. The number of esters is 1. The number of halogens is 1. The van der Waals surface area contributed by atoms with E-state index in [2.05, 4.69) is 10.4 Å². The zero-order chi connectivity index (χ0) is 24.3. The second-order valence-corrected chi connectivity index (χ2v) is 9.20. The molecule has 1 unspecified atom stereocenters. The van der Waals surface area contributed by atoms with E-state index < -0.39 is 23.2 Å². The summed E-state index contributed by atoms with van der Waals surface area (Å²) in [6.45, 7) is 3.59. The van der Waals surface area contributed by atoms with E-state index >= 15 is 0 Å². The number of hydrogen-bond donors (Lipinski definition) is 1. The molecular formula is C25H31FN4O4. The predicted octanol–water partition coefficient (Wildman–Crippen LogP) is 3.85. The minimum atomic E-state index is -1.33. The molecule has 0 saturated heterocycles. The standard InChI is InChI=1S/C25H31FN4O4/c1-3-34-23(32)20-15-21-22(31)30(19-13-11-17(26)12-14-19)25(2,16-29(21)28-20)24(33)27-18-9-7-5-4-6-8-10-18/h11-15,18H,3-10,16H2,1-2H3,(H,27,33). The third-order valence-corrected chi connectivity index (χ3v) is 6.65. The van der Waals surface area contributed by atoms with E-state index in [0.717, 1.165) is 38.5 Å². The fourth-order valence-electron chi connectivity index (χ4n) is 4.82. The number of hydrogen-bond acceptors (Lipinski definition) is 5. The van der Waals surface area contributed by atoms with Crippen molar-refractivity contribution in [2.24, 2.45) is 0 Å². The van der Waals surface area contributed by atoms with E-state index in [1.807, 2.05) is 0 Å². The maximum absolute atomic E-state index is 13.7. The van der Waals surface area contributed by atoms with E-state index in [1.165, 1.54) is 46.3 Å². The van der Waals surface area contributed by atoms with Crippen LogP contribution in [-0.4, -0.2) is 45.8 Å². The smallest absolute Gasteiger partial charge is 0.358 e. The molecule has 1 atom stereocenters. The Morgan fingerprint density at radius 1 is 1.15 bits per heavy atom. The van der Waals surface area contributed by atoms with Gasteiger partial charge in [0.25, 0.3) is 5.91 Å². The molecule has 9 heteroatoms. The predicted molar refractivity (Wildman–Crippen MR) is 124 cm³/mol. The van der Waals surface area contributed by atoms with Crippen molar-refractivity contribution in [2.45, 2.75) is 76.9 Å². The molecule has 1 aliphatic heterocycles. The highest BCUT2D eigenvalue weighted by molar-refractivity contribution is 6.12. The second-order valence-electron chi connectivity index (χ2n) is 9.20. The molecule has 1 aliphatic carbocycles. The fourth-order valence-corrected chi connectivity index (χ4v) is 4.82. The molecule has 1 aromatic heterocycles. The van der Waals surface area contributed by atoms with E-state index in [1.54, 1.807) is 13.8 Å². The van der Waals surface area contributed by atoms with Gasteiger partial charge in [0.1, 0.15) is 17.1 Å². The molecule has 1 fully saturated rings. The molecule has 2 amide bonds. The lowest BCUT2D eigenvalue weighted by molar-refractivity contribution is -0.127. The maximum atomic E-state index is 13.7. The van der Waals surface area contributed by atoms with Crippen molar-refractivity contribution in [3.63, 3.8) is 0 Å². The van der Waals surface area contributed by atoms with Gasteiger partial charge in [-0.25, -0.2) is 9.18 Å². The molecule has 4 rings (SSSR count). The van der Waals surface area contributed by atoms with Gasteiger partial charge in [-0.2, -0.15) is 5.10 Å². The number of amides is 2. The summed E-state index contributed by atoms with van der Waals surface area (Å²) >= 11 is 0. The number of nitrogens with one attached hydrogen (secondary N) is 1. The van der Waals surface area contributed by atoms with Crippen LogP contribution in [0.15, 0.2) is 30.3 Å². The van der Waals surface area contributed by atoms with E-state index in [-0.39, 0.29) is 36.5 Å². The highest BCUT2D eigenvalue weighted by Gasteiger charge is 2.49. The molecule has 2 heterocycles. The monoisotopic (exact) mass is 470 g/mol. The van der Waals surface area contributed by atoms with Gasteiger partial charge in [-0.05, 0) is 51.0 Å². The molecular weight excluding hydrogens is 439 g/mol. The largest absolute Gasteiger partial charge is 0.461 e. The zero-order valence-corrected chi connectivity index (χ0v) is 19.7. The minimum absolute atomic E-state index is 0.00827. The van der Waals surface area contributed by atoms with Crippen LogP contribution in [0.1, 0.15) is 79.8 Å². The van der Waals surface area contributed by atoms with Crippen LogP contribution in [0.4, 0.5) is 10.1 Å². The Morgan fingerprint density at radius 2 is 1.79 bits per heavy atom. The highest BCUT2D eigenvalue weighted by Crippen LogP contribution is 2.33. The summed E-state index contributed by atoms with van der Waals surface area (Å²) in [6.07, 6.45) is 7.41. The quantitative estimate of drug-likeness (QED) is 0.670. The first-order chi connectivity index (χ1) is 16.3. The van der Waals surface area contributed by atoms with Gasteiger partial charge in [0.2, 0.25) is 5.91 Å². The molecule has 34 heavy (non-hydrogen) atoms. The third-order valence-electron chi connectivity index (χ3n) is 6.65. The van der Waals surface area contributed by atoms with Crippen LogP contribution >= 0.6 is 0 Å². The number of fused-ring (bicyclic) bond motifs is 1. The van der Waals surface area contributed by atoms with Gasteiger partial charge in [-0.15, -0.1) is 0 Å². The van der Waals surface area contributed by atoms with Crippen LogP contribution in [0.5, 0.6) is 0 Å². The lowest BCUT2D eigenvalue weighted by Crippen LogP contribution is -2.65. The van der Waals surface area contributed by atoms with Crippen molar-refractivity contribution in [3.8, 4) is 0 Å². The van der Waals surface area contributed by atoms with Crippen molar-refractivity contribution in [2.75, 3.05) is 11.5 Å². The van der Waals surface area contributed by atoms with E-state index in [9.17, 15) is 18.8 Å². The highest BCUT2D eigenvalue weighted by atomic mass is 19.1. The van der Waals surface area contributed by atoms with Crippen molar-refractivity contribution >= 4 is 23.5 Å². The van der Waals surface area contributed by atoms with Crippen LogP contribution in [0, 0.1) is 5.82 Å². The minimum Gasteiger partial charge on any atom is -0.461 e. The Bertz CT molecular complexity index is 1060. The Balaban J connectivity index is 1.70. The maximum Gasteiger partial charge on any atom is 0.358 e. The Kier molecular flexibility index (Phi) is 7.00. The third kappa shape index (κ3) is 4.69. The van der Waals surface area contributed by atoms with E-state index in [4.69, 9.17) is 4.74 Å². The SMILES string of the molecule is CCOC(=O)c1cc2n(n1)CC(C)(C(=O)NC1CCCCCCC1)N(c1ccc(F)cc1)C2=O. The number of nitrogens with zero attached hydrogens (tertiary/aromatic N) is 3. The Labute approximate surface area is 198 Å². The number of carbonyl (C=O) groups excluding carboxylic acids is 3. The molecule has 2 aromatic rings. The summed E-state index contributed by atoms with van der Waals surface area (Å²) in [7, 11) is 0. The first kappa shape index (κ1) is 23.9. The van der Waals surface area contributed by atoms with Crippen molar-refractivity contribution in [1.82, 2.24) is 15.1 Å². The average molecular weight is 471 g/mol. The molecule has 0 bridgehead atoms. The second kappa shape index (κ2) is 9.95. The number of carbonyl (C=O) groups is 3. The van der Waals surface area contributed by atoms with E-state index in [0.29, 0.717) is 5.69 Å². The van der Waals surface area contributed by atoms with Crippen molar-refractivity contribution in [1.29, 1.82) is 0 Å². The summed E-state index contributed by atoms with van der Waals surface area (Å²) in [5, 5.41) is 7.44. The van der Waals surface area contributed by atoms with Gasteiger partial charge in [0.05, 0.1) is 13.2 Å². The van der Waals surface area contributed by atoms with Gasteiger partial charge in [-0.1, -0.05) is 32.1 Å². The van der Waals surface area contributed by atoms with Crippen LogP contribution in [0.3, 0.4) is 0 Å². The first-order valence-electron chi connectivity index (χ1n) is 12.0. The number of anilines is 1. The number of benzene rings is 1. The fraction of sp³-hybridized carbons (Fsp3) is 0.520. The van der Waals surface area contributed by atoms with Gasteiger partial charge < -0.3 is 10.1 Å². The summed E-state index contributed by atoms with van der Waals surface area (Å²) in [5.41, 5.74) is -0.758. The molecule has 182 valence electrons. The normalized spacial score (nSPS) is 21.4. The topological polar surface area (TPSA) is 93.5 Å². The molecule has 1 aromatic carbocycles. The summed E-state index contributed by atoms with van der Waals surface area (Å²) in [6, 6.07) is 6.88. The van der Waals surface area contributed by atoms with Crippen molar-refractivity contribution < 1.29 is 23.5 Å². The van der Waals surface area contributed by atoms with Gasteiger partial charge >= 0.3 is 5.97 Å². The van der Waals surface area contributed by atoms with Crippen LogP contribution < -0.4 is 10.2 Å². The first-order valence-corrected chi connectivity index (χ1v) is 12.0. The lowest BCUT2D eigenvalue weighted by Gasteiger charge is -2.43.